The number of nitrogen functional groups attached to an aromatic ring is 1. The molecule has 1 aliphatic rings. The lowest BCUT2D eigenvalue weighted by atomic mass is 10.1. The fourth-order valence-corrected chi connectivity index (χ4v) is 2.29. The van der Waals surface area contributed by atoms with Crippen molar-refractivity contribution in [3.8, 4) is 11.5 Å². The molecule has 0 radical (unpaired) electrons. The van der Waals surface area contributed by atoms with Gasteiger partial charge in [0, 0.05) is 18.6 Å². The number of anilines is 1. The van der Waals surface area contributed by atoms with E-state index in [1.165, 1.54) is 18.6 Å². The summed E-state index contributed by atoms with van der Waals surface area (Å²) >= 11 is 0. The van der Waals surface area contributed by atoms with E-state index in [9.17, 15) is 4.39 Å². The first-order valence-corrected chi connectivity index (χ1v) is 6.72. The van der Waals surface area contributed by atoms with Crippen molar-refractivity contribution in [2.24, 2.45) is 0 Å². The van der Waals surface area contributed by atoms with Crippen molar-refractivity contribution in [3.63, 3.8) is 0 Å². The molecule has 1 atom stereocenters. The van der Waals surface area contributed by atoms with E-state index < -0.39 is 5.82 Å². The highest BCUT2D eigenvalue weighted by atomic mass is 19.1. The highest BCUT2D eigenvalue weighted by Crippen LogP contribution is 2.22. The Balaban J connectivity index is 1.73. The van der Waals surface area contributed by atoms with Crippen LogP contribution < -0.4 is 5.73 Å². The molecule has 6 heteroatoms. The summed E-state index contributed by atoms with van der Waals surface area (Å²) in [5.74, 6) is 0.400. The molecule has 1 aromatic heterocycles. The van der Waals surface area contributed by atoms with Gasteiger partial charge in [0.1, 0.15) is 5.82 Å². The average molecular weight is 277 g/mol. The first-order chi connectivity index (χ1) is 9.72. The van der Waals surface area contributed by atoms with E-state index in [1.807, 2.05) is 0 Å². The lowest BCUT2D eigenvalue weighted by molar-refractivity contribution is 0.0153. The molecule has 0 amide bonds. The van der Waals surface area contributed by atoms with Gasteiger partial charge in [-0.1, -0.05) is 5.16 Å². The molecule has 20 heavy (non-hydrogen) atoms. The zero-order valence-corrected chi connectivity index (χ0v) is 11.0. The molecule has 1 aromatic carbocycles. The molecule has 1 saturated heterocycles. The van der Waals surface area contributed by atoms with Crippen molar-refractivity contribution in [1.82, 2.24) is 10.1 Å². The monoisotopic (exact) mass is 277 g/mol. The third-order valence-corrected chi connectivity index (χ3v) is 3.40. The van der Waals surface area contributed by atoms with Gasteiger partial charge in [0.2, 0.25) is 0 Å². The number of benzene rings is 1. The van der Waals surface area contributed by atoms with Gasteiger partial charge < -0.3 is 15.0 Å². The smallest absolute Gasteiger partial charge is 0.258 e. The molecule has 0 spiro atoms. The minimum atomic E-state index is -0.488. The van der Waals surface area contributed by atoms with E-state index in [2.05, 4.69) is 10.1 Å². The second-order valence-corrected chi connectivity index (χ2v) is 4.94. The number of rotatable bonds is 3. The van der Waals surface area contributed by atoms with Crippen molar-refractivity contribution in [2.45, 2.75) is 31.8 Å². The molecule has 2 aromatic rings. The summed E-state index contributed by atoms with van der Waals surface area (Å²) < 4.78 is 24.2. The summed E-state index contributed by atoms with van der Waals surface area (Å²) in [4.78, 5) is 4.28. The quantitative estimate of drug-likeness (QED) is 0.873. The van der Waals surface area contributed by atoms with E-state index in [0.29, 0.717) is 23.7 Å². The number of hydrogen-bond donors (Lipinski definition) is 1. The van der Waals surface area contributed by atoms with Gasteiger partial charge in [0.15, 0.2) is 5.82 Å². The number of nitrogens with two attached hydrogens (primary N) is 1. The van der Waals surface area contributed by atoms with Crippen LogP contribution >= 0.6 is 0 Å². The zero-order chi connectivity index (χ0) is 13.9. The van der Waals surface area contributed by atoms with Crippen LogP contribution in [-0.4, -0.2) is 22.9 Å². The molecule has 0 saturated carbocycles. The molecular weight excluding hydrogens is 261 g/mol. The molecule has 2 N–H and O–H groups in total. The molecular formula is C14H16FN3O2. The summed E-state index contributed by atoms with van der Waals surface area (Å²) in [6, 6.07) is 4.44. The first kappa shape index (κ1) is 13.1. The van der Waals surface area contributed by atoms with Crippen molar-refractivity contribution < 1.29 is 13.7 Å². The Morgan fingerprint density at radius 2 is 2.25 bits per heavy atom. The van der Waals surface area contributed by atoms with E-state index in [-0.39, 0.29) is 11.8 Å². The summed E-state index contributed by atoms with van der Waals surface area (Å²) in [7, 11) is 0. The number of nitrogens with zero attached hydrogens (tertiary/aromatic N) is 2. The molecule has 0 aliphatic carbocycles. The van der Waals surface area contributed by atoms with Crippen LogP contribution in [0.15, 0.2) is 22.7 Å². The van der Waals surface area contributed by atoms with E-state index >= 15 is 0 Å². The second kappa shape index (κ2) is 5.58. The Kier molecular flexibility index (Phi) is 3.64. The maximum atomic E-state index is 13.4. The first-order valence-electron chi connectivity index (χ1n) is 6.72. The van der Waals surface area contributed by atoms with Gasteiger partial charge >= 0.3 is 0 Å². The van der Waals surface area contributed by atoms with Gasteiger partial charge in [0.25, 0.3) is 5.89 Å². The van der Waals surface area contributed by atoms with Crippen LogP contribution in [0.2, 0.25) is 0 Å². The Labute approximate surface area is 115 Å². The molecule has 1 aliphatic heterocycles. The summed E-state index contributed by atoms with van der Waals surface area (Å²) in [6.07, 6.45) is 4.07. The van der Waals surface area contributed by atoms with Gasteiger partial charge in [-0.2, -0.15) is 4.98 Å². The molecule has 3 rings (SSSR count). The standard InChI is InChI=1S/C14H16FN3O2/c15-11-7-9(4-5-12(11)16)14-17-13(18-20-14)8-10-3-1-2-6-19-10/h4-5,7,10H,1-3,6,8,16H2. The van der Waals surface area contributed by atoms with E-state index in [0.717, 1.165) is 19.4 Å². The summed E-state index contributed by atoms with van der Waals surface area (Å²) in [6.45, 7) is 0.790. The summed E-state index contributed by atoms with van der Waals surface area (Å²) in [5.41, 5.74) is 6.07. The number of ether oxygens (including phenoxy) is 1. The Morgan fingerprint density at radius 3 is 3.00 bits per heavy atom. The van der Waals surface area contributed by atoms with Crippen molar-refractivity contribution in [1.29, 1.82) is 0 Å². The molecule has 1 unspecified atom stereocenters. The lowest BCUT2D eigenvalue weighted by Crippen LogP contribution is -2.21. The van der Waals surface area contributed by atoms with Crippen LogP contribution in [0.1, 0.15) is 25.1 Å². The van der Waals surface area contributed by atoms with Gasteiger partial charge in [0.05, 0.1) is 11.8 Å². The van der Waals surface area contributed by atoms with E-state index in [4.69, 9.17) is 15.0 Å². The Hall–Kier alpha value is -1.95. The molecule has 1 fully saturated rings. The highest BCUT2D eigenvalue weighted by Gasteiger charge is 2.18. The van der Waals surface area contributed by atoms with Crippen LogP contribution in [0.3, 0.4) is 0 Å². The van der Waals surface area contributed by atoms with Gasteiger partial charge in [-0.3, -0.25) is 0 Å². The third kappa shape index (κ3) is 2.80. The molecule has 106 valence electrons. The van der Waals surface area contributed by atoms with Crippen LogP contribution in [-0.2, 0) is 11.2 Å². The van der Waals surface area contributed by atoms with Crippen LogP contribution in [0.4, 0.5) is 10.1 Å². The van der Waals surface area contributed by atoms with Gasteiger partial charge in [-0.15, -0.1) is 0 Å². The predicted molar refractivity (Wildman–Crippen MR) is 71.4 cm³/mol. The van der Waals surface area contributed by atoms with Crippen molar-refractivity contribution >= 4 is 5.69 Å². The Bertz CT molecular complexity index is 594. The predicted octanol–water partition coefficient (Wildman–Crippen LogP) is 2.57. The van der Waals surface area contributed by atoms with Crippen LogP contribution in [0, 0.1) is 5.82 Å². The van der Waals surface area contributed by atoms with Crippen molar-refractivity contribution in [2.75, 3.05) is 12.3 Å². The zero-order valence-electron chi connectivity index (χ0n) is 11.0. The molecule has 0 bridgehead atoms. The third-order valence-electron chi connectivity index (χ3n) is 3.40. The van der Waals surface area contributed by atoms with Crippen LogP contribution in [0.25, 0.3) is 11.5 Å². The molecule has 2 heterocycles. The van der Waals surface area contributed by atoms with Gasteiger partial charge in [-0.05, 0) is 37.5 Å². The van der Waals surface area contributed by atoms with E-state index in [1.54, 1.807) is 6.07 Å². The minimum Gasteiger partial charge on any atom is -0.396 e. The normalized spacial score (nSPS) is 19.1. The molecule has 5 nitrogen and oxygen atoms in total. The minimum absolute atomic E-state index is 0.101. The lowest BCUT2D eigenvalue weighted by Gasteiger charge is -2.20. The number of hydrogen-bond acceptors (Lipinski definition) is 5. The maximum absolute atomic E-state index is 13.4. The highest BCUT2D eigenvalue weighted by molar-refractivity contribution is 5.57. The maximum Gasteiger partial charge on any atom is 0.258 e. The van der Waals surface area contributed by atoms with Gasteiger partial charge in [-0.25, -0.2) is 4.39 Å². The number of aromatic nitrogens is 2. The SMILES string of the molecule is Nc1ccc(-c2nc(CC3CCCCO3)no2)cc1F. The Morgan fingerprint density at radius 1 is 1.35 bits per heavy atom. The average Bonchev–Trinajstić information content (AvgIpc) is 2.91. The van der Waals surface area contributed by atoms with Crippen molar-refractivity contribution in [3.05, 3.63) is 29.8 Å². The topological polar surface area (TPSA) is 74.2 Å². The largest absolute Gasteiger partial charge is 0.396 e. The number of halogens is 1. The second-order valence-electron chi connectivity index (χ2n) is 4.94. The fourth-order valence-electron chi connectivity index (χ4n) is 2.29. The fraction of sp³-hybridized carbons (Fsp3) is 0.429. The van der Waals surface area contributed by atoms with Crippen LogP contribution in [0.5, 0.6) is 0 Å². The summed E-state index contributed by atoms with van der Waals surface area (Å²) in [5, 5.41) is 3.92.